The standard InChI is InChI=1S/C11H12BrF3N2O2/c1-6(16)4-10(18)17-8-3-2-7(12)5-9(8)19-11(13,14)15/h2-3,5-6H,4,16H2,1H3,(H,17,18). The Morgan fingerprint density at radius 1 is 1.53 bits per heavy atom. The van der Waals surface area contributed by atoms with Gasteiger partial charge in [-0.25, -0.2) is 0 Å². The Balaban J connectivity index is 2.90. The number of halogens is 4. The van der Waals surface area contributed by atoms with Crippen molar-refractivity contribution in [3.05, 3.63) is 22.7 Å². The summed E-state index contributed by atoms with van der Waals surface area (Å²) < 4.78 is 40.9. The molecule has 1 amide bonds. The predicted octanol–water partition coefficient (Wildman–Crippen LogP) is 3.02. The number of nitrogens with two attached hydrogens (primary N) is 1. The SMILES string of the molecule is CC(N)CC(=O)Nc1ccc(Br)cc1OC(F)(F)F. The fraction of sp³-hybridized carbons (Fsp3) is 0.364. The van der Waals surface area contributed by atoms with Crippen LogP contribution in [0, 0.1) is 0 Å². The summed E-state index contributed by atoms with van der Waals surface area (Å²) in [5, 5.41) is 2.33. The molecule has 0 saturated carbocycles. The third-order valence-electron chi connectivity index (χ3n) is 1.95. The number of nitrogens with one attached hydrogen (secondary N) is 1. The van der Waals surface area contributed by atoms with Crippen LogP contribution in [0.1, 0.15) is 13.3 Å². The van der Waals surface area contributed by atoms with E-state index in [-0.39, 0.29) is 18.2 Å². The van der Waals surface area contributed by atoms with Gasteiger partial charge in [0.25, 0.3) is 0 Å². The zero-order valence-electron chi connectivity index (χ0n) is 9.92. The third kappa shape index (κ3) is 5.93. The van der Waals surface area contributed by atoms with Crippen molar-refractivity contribution in [3.63, 3.8) is 0 Å². The van der Waals surface area contributed by atoms with Crippen LogP contribution < -0.4 is 15.8 Å². The van der Waals surface area contributed by atoms with E-state index in [2.05, 4.69) is 26.0 Å². The summed E-state index contributed by atoms with van der Waals surface area (Å²) >= 11 is 3.03. The molecular weight excluding hydrogens is 329 g/mol. The molecule has 0 aromatic heterocycles. The van der Waals surface area contributed by atoms with Gasteiger partial charge in [-0.3, -0.25) is 4.79 Å². The first-order chi connectivity index (χ1) is 8.67. The lowest BCUT2D eigenvalue weighted by Gasteiger charge is -2.14. The van der Waals surface area contributed by atoms with Crippen LogP contribution in [0.4, 0.5) is 18.9 Å². The van der Waals surface area contributed by atoms with Crippen molar-refractivity contribution >= 4 is 27.5 Å². The maximum Gasteiger partial charge on any atom is 0.573 e. The number of rotatable bonds is 4. The molecule has 0 bridgehead atoms. The average Bonchev–Trinajstić information content (AvgIpc) is 2.18. The first-order valence-electron chi connectivity index (χ1n) is 5.28. The molecular formula is C11H12BrF3N2O2. The van der Waals surface area contributed by atoms with E-state index < -0.39 is 18.0 Å². The highest BCUT2D eigenvalue weighted by atomic mass is 79.9. The molecule has 0 aliphatic rings. The van der Waals surface area contributed by atoms with Gasteiger partial charge in [0.2, 0.25) is 5.91 Å². The van der Waals surface area contributed by atoms with Crippen molar-refractivity contribution in [2.24, 2.45) is 5.73 Å². The number of alkyl halides is 3. The van der Waals surface area contributed by atoms with Crippen LogP contribution in [0.2, 0.25) is 0 Å². The highest BCUT2D eigenvalue weighted by Gasteiger charge is 2.32. The zero-order valence-corrected chi connectivity index (χ0v) is 11.5. The van der Waals surface area contributed by atoms with Gasteiger partial charge in [0.1, 0.15) is 0 Å². The highest BCUT2D eigenvalue weighted by molar-refractivity contribution is 9.10. The molecule has 1 aromatic carbocycles. The first-order valence-corrected chi connectivity index (χ1v) is 6.07. The van der Waals surface area contributed by atoms with Crippen molar-refractivity contribution in [2.75, 3.05) is 5.32 Å². The average molecular weight is 341 g/mol. The van der Waals surface area contributed by atoms with E-state index in [1.165, 1.54) is 12.1 Å². The largest absolute Gasteiger partial charge is 0.573 e. The summed E-state index contributed by atoms with van der Waals surface area (Å²) in [5.41, 5.74) is 5.37. The monoisotopic (exact) mass is 340 g/mol. The number of amides is 1. The van der Waals surface area contributed by atoms with Crippen molar-refractivity contribution in [1.29, 1.82) is 0 Å². The third-order valence-corrected chi connectivity index (χ3v) is 2.44. The molecule has 0 spiro atoms. The molecule has 1 aromatic rings. The van der Waals surface area contributed by atoms with Gasteiger partial charge in [0.15, 0.2) is 5.75 Å². The van der Waals surface area contributed by atoms with Crippen molar-refractivity contribution in [3.8, 4) is 5.75 Å². The van der Waals surface area contributed by atoms with Gasteiger partial charge in [0.05, 0.1) is 5.69 Å². The normalized spacial score (nSPS) is 12.9. The van der Waals surface area contributed by atoms with Gasteiger partial charge in [-0.05, 0) is 25.1 Å². The maximum atomic E-state index is 12.2. The lowest BCUT2D eigenvalue weighted by atomic mass is 10.2. The molecule has 0 aliphatic carbocycles. The van der Waals surface area contributed by atoms with Crippen LogP contribution in [0.3, 0.4) is 0 Å². The van der Waals surface area contributed by atoms with E-state index in [1.807, 2.05) is 0 Å². The first kappa shape index (κ1) is 15.8. The number of benzene rings is 1. The molecule has 19 heavy (non-hydrogen) atoms. The minimum Gasteiger partial charge on any atom is -0.404 e. The van der Waals surface area contributed by atoms with E-state index in [4.69, 9.17) is 5.73 Å². The lowest BCUT2D eigenvalue weighted by molar-refractivity contribution is -0.274. The van der Waals surface area contributed by atoms with Crippen LogP contribution in [-0.4, -0.2) is 18.3 Å². The lowest BCUT2D eigenvalue weighted by Crippen LogP contribution is -2.25. The highest BCUT2D eigenvalue weighted by Crippen LogP contribution is 2.33. The Kier molecular flexibility index (Phi) is 5.19. The van der Waals surface area contributed by atoms with Crippen LogP contribution in [0.5, 0.6) is 5.75 Å². The minimum absolute atomic E-state index is 0.00151. The second-order valence-electron chi connectivity index (χ2n) is 3.92. The Bertz CT molecular complexity index is 464. The van der Waals surface area contributed by atoms with Crippen molar-refractivity contribution in [1.82, 2.24) is 0 Å². The summed E-state index contributed by atoms with van der Waals surface area (Å²) in [6.45, 7) is 1.62. The quantitative estimate of drug-likeness (QED) is 0.885. The van der Waals surface area contributed by atoms with Crippen LogP contribution >= 0.6 is 15.9 Å². The predicted molar refractivity (Wildman–Crippen MR) is 67.7 cm³/mol. The summed E-state index contributed by atoms with van der Waals surface area (Å²) in [6.07, 6.45) is -4.83. The van der Waals surface area contributed by atoms with Gasteiger partial charge in [0, 0.05) is 16.9 Å². The second-order valence-corrected chi connectivity index (χ2v) is 4.83. The van der Waals surface area contributed by atoms with Crippen LogP contribution in [0.15, 0.2) is 22.7 Å². The molecule has 0 radical (unpaired) electrons. The zero-order chi connectivity index (χ0) is 14.6. The molecule has 1 unspecified atom stereocenters. The molecule has 3 N–H and O–H groups in total. The topological polar surface area (TPSA) is 64.4 Å². The molecule has 0 aliphatic heterocycles. The van der Waals surface area contributed by atoms with E-state index in [0.717, 1.165) is 6.07 Å². The number of carbonyl (C=O) groups is 1. The smallest absolute Gasteiger partial charge is 0.404 e. The second kappa shape index (κ2) is 6.25. The summed E-state index contributed by atoms with van der Waals surface area (Å²) in [7, 11) is 0. The number of anilines is 1. The Labute approximate surface area is 116 Å². The maximum absolute atomic E-state index is 12.2. The van der Waals surface area contributed by atoms with Gasteiger partial charge < -0.3 is 15.8 Å². The molecule has 0 fully saturated rings. The summed E-state index contributed by atoms with van der Waals surface area (Å²) in [4.78, 5) is 11.5. The summed E-state index contributed by atoms with van der Waals surface area (Å²) in [5.74, 6) is -0.968. The Morgan fingerprint density at radius 2 is 2.16 bits per heavy atom. The van der Waals surface area contributed by atoms with Gasteiger partial charge in [-0.1, -0.05) is 15.9 Å². The van der Waals surface area contributed by atoms with E-state index in [0.29, 0.717) is 4.47 Å². The molecule has 106 valence electrons. The van der Waals surface area contributed by atoms with Crippen LogP contribution in [-0.2, 0) is 4.79 Å². The fourth-order valence-corrected chi connectivity index (χ4v) is 1.64. The molecule has 4 nitrogen and oxygen atoms in total. The summed E-state index contributed by atoms with van der Waals surface area (Å²) in [6, 6.07) is 3.53. The molecule has 1 atom stereocenters. The van der Waals surface area contributed by atoms with Gasteiger partial charge >= 0.3 is 6.36 Å². The van der Waals surface area contributed by atoms with Crippen molar-refractivity contribution < 1.29 is 22.7 Å². The van der Waals surface area contributed by atoms with E-state index in [1.54, 1.807) is 6.92 Å². The molecule has 1 rings (SSSR count). The minimum atomic E-state index is -4.83. The van der Waals surface area contributed by atoms with Crippen molar-refractivity contribution in [2.45, 2.75) is 25.7 Å². The molecule has 0 heterocycles. The molecule has 8 heteroatoms. The Morgan fingerprint density at radius 3 is 2.68 bits per heavy atom. The number of ether oxygens (including phenoxy) is 1. The van der Waals surface area contributed by atoms with Crippen LogP contribution in [0.25, 0.3) is 0 Å². The van der Waals surface area contributed by atoms with Gasteiger partial charge in [-0.2, -0.15) is 0 Å². The van der Waals surface area contributed by atoms with Gasteiger partial charge in [-0.15, -0.1) is 13.2 Å². The number of hydrogen-bond acceptors (Lipinski definition) is 3. The number of hydrogen-bond donors (Lipinski definition) is 2. The Hall–Kier alpha value is -1.28. The fourth-order valence-electron chi connectivity index (χ4n) is 1.30. The number of carbonyl (C=O) groups excluding carboxylic acids is 1. The molecule has 0 saturated heterocycles. The van der Waals surface area contributed by atoms with E-state index in [9.17, 15) is 18.0 Å². The van der Waals surface area contributed by atoms with E-state index >= 15 is 0 Å².